The molecule has 0 unspecified atom stereocenters. The second kappa shape index (κ2) is 4.97. The molecule has 3 rings (SSSR count). The smallest absolute Gasteiger partial charge is 0.220 e. The van der Waals surface area contributed by atoms with Crippen LogP contribution in [0.5, 0.6) is 0 Å². The highest BCUT2D eigenvalue weighted by molar-refractivity contribution is 5.85. The Labute approximate surface area is 119 Å². The molecule has 106 valence electrons. The molecule has 0 bridgehead atoms. The molecule has 0 spiro atoms. The summed E-state index contributed by atoms with van der Waals surface area (Å²) in [6, 6.07) is 7.49. The summed E-state index contributed by atoms with van der Waals surface area (Å²) >= 11 is 0. The normalized spacial score (nSPS) is 10.8. The molecule has 2 aromatic carbocycles. The summed E-state index contributed by atoms with van der Waals surface area (Å²) in [5, 5.41) is 3.36. The van der Waals surface area contributed by atoms with E-state index >= 15 is 0 Å². The third-order valence-electron chi connectivity index (χ3n) is 3.25. The Hall–Kier alpha value is -2.76. The molecule has 0 atom stereocenters. The van der Waals surface area contributed by atoms with Crippen molar-refractivity contribution in [3.8, 4) is 11.1 Å². The number of halogens is 2. The number of nitrogens with two attached hydrogens (primary N) is 1. The minimum atomic E-state index is -0.631. The second-order valence-corrected chi connectivity index (χ2v) is 4.54. The van der Waals surface area contributed by atoms with E-state index in [0.717, 1.165) is 0 Å². The molecule has 0 aliphatic heterocycles. The highest BCUT2D eigenvalue weighted by atomic mass is 19.1. The van der Waals surface area contributed by atoms with Gasteiger partial charge in [-0.25, -0.2) is 18.7 Å². The number of nitrogens with one attached hydrogen (secondary N) is 1. The van der Waals surface area contributed by atoms with E-state index in [-0.39, 0.29) is 17.2 Å². The zero-order valence-electron chi connectivity index (χ0n) is 11.2. The number of rotatable bonds is 2. The van der Waals surface area contributed by atoms with Gasteiger partial charge in [0.25, 0.3) is 0 Å². The van der Waals surface area contributed by atoms with Gasteiger partial charge < -0.3 is 11.1 Å². The van der Waals surface area contributed by atoms with E-state index in [0.29, 0.717) is 16.5 Å². The van der Waals surface area contributed by atoms with Crippen molar-refractivity contribution in [3.05, 3.63) is 48.2 Å². The van der Waals surface area contributed by atoms with E-state index < -0.39 is 11.6 Å². The number of nitrogen functional groups attached to an aromatic ring is 1. The number of anilines is 2. The summed E-state index contributed by atoms with van der Waals surface area (Å²) < 4.78 is 28.3. The van der Waals surface area contributed by atoms with Crippen LogP contribution in [0.4, 0.5) is 20.4 Å². The Morgan fingerprint density at radius 1 is 1.14 bits per heavy atom. The first-order chi connectivity index (χ1) is 10.1. The van der Waals surface area contributed by atoms with Gasteiger partial charge in [0.2, 0.25) is 5.95 Å². The van der Waals surface area contributed by atoms with E-state index in [9.17, 15) is 8.78 Å². The maximum atomic E-state index is 14.3. The monoisotopic (exact) mass is 286 g/mol. The summed E-state index contributed by atoms with van der Waals surface area (Å²) in [6.07, 6.45) is 1.53. The molecule has 0 saturated heterocycles. The van der Waals surface area contributed by atoms with Crippen molar-refractivity contribution in [2.24, 2.45) is 0 Å². The Morgan fingerprint density at radius 2 is 1.95 bits per heavy atom. The van der Waals surface area contributed by atoms with Gasteiger partial charge in [-0.15, -0.1) is 0 Å². The fourth-order valence-electron chi connectivity index (χ4n) is 2.21. The van der Waals surface area contributed by atoms with Crippen LogP contribution in [-0.2, 0) is 0 Å². The summed E-state index contributed by atoms with van der Waals surface area (Å²) in [4.78, 5) is 7.94. The summed E-state index contributed by atoms with van der Waals surface area (Å²) in [7, 11) is 1.58. The van der Waals surface area contributed by atoms with Gasteiger partial charge in [0.15, 0.2) is 5.82 Å². The Balaban J connectivity index is 2.23. The molecule has 3 aromatic rings. The van der Waals surface area contributed by atoms with Gasteiger partial charge in [-0.1, -0.05) is 6.07 Å². The number of fused-ring (bicyclic) bond motifs is 1. The molecular weight excluding hydrogens is 274 g/mol. The fourth-order valence-corrected chi connectivity index (χ4v) is 2.21. The van der Waals surface area contributed by atoms with E-state index in [1.165, 1.54) is 18.3 Å². The Morgan fingerprint density at radius 3 is 2.71 bits per heavy atom. The number of hydrogen-bond donors (Lipinski definition) is 2. The minimum Gasteiger partial charge on any atom is -0.386 e. The number of nitrogens with zero attached hydrogens (tertiary/aromatic N) is 2. The largest absolute Gasteiger partial charge is 0.386 e. The van der Waals surface area contributed by atoms with Crippen LogP contribution in [-0.4, -0.2) is 17.0 Å². The van der Waals surface area contributed by atoms with E-state index in [1.54, 1.807) is 25.2 Å². The lowest BCUT2D eigenvalue weighted by atomic mass is 10.0. The third-order valence-corrected chi connectivity index (χ3v) is 3.25. The number of aromatic nitrogens is 2. The van der Waals surface area contributed by atoms with Gasteiger partial charge in [0.05, 0.1) is 16.8 Å². The van der Waals surface area contributed by atoms with Crippen LogP contribution in [0.3, 0.4) is 0 Å². The average Bonchev–Trinajstić information content (AvgIpc) is 2.47. The van der Waals surface area contributed by atoms with Crippen LogP contribution in [0.2, 0.25) is 0 Å². The van der Waals surface area contributed by atoms with Gasteiger partial charge in [0.1, 0.15) is 5.82 Å². The SMILES string of the molecule is CNc1ccc(F)c(-c2ccc3nc(N)ncc3c2)c1F. The van der Waals surface area contributed by atoms with Crippen LogP contribution in [0, 0.1) is 11.6 Å². The lowest BCUT2D eigenvalue weighted by Crippen LogP contribution is -1.98. The molecular formula is C15H12F2N4. The average molecular weight is 286 g/mol. The highest BCUT2D eigenvalue weighted by Gasteiger charge is 2.15. The lowest BCUT2D eigenvalue weighted by Gasteiger charge is -2.10. The quantitative estimate of drug-likeness (QED) is 0.759. The minimum absolute atomic E-state index is 0.0828. The maximum Gasteiger partial charge on any atom is 0.220 e. The van der Waals surface area contributed by atoms with Crippen molar-refractivity contribution in [2.75, 3.05) is 18.1 Å². The van der Waals surface area contributed by atoms with Crippen molar-refractivity contribution < 1.29 is 8.78 Å². The van der Waals surface area contributed by atoms with Crippen molar-refractivity contribution >= 4 is 22.5 Å². The first-order valence-electron chi connectivity index (χ1n) is 6.28. The molecule has 0 fully saturated rings. The van der Waals surface area contributed by atoms with Crippen LogP contribution in [0.15, 0.2) is 36.5 Å². The van der Waals surface area contributed by atoms with E-state index in [4.69, 9.17) is 5.73 Å². The van der Waals surface area contributed by atoms with Crippen molar-refractivity contribution in [1.82, 2.24) is 9.97 Å². The lowest BCUT2D eigenvalue weighted by molar-refractivity contribution is 0.592. The summed E-state index contributed by atoms with van der Waals surface area (Å²) in [6.45, 7) is 0. The topological polar surface area (TPSA) is 63.8 Å². The van der Waals surface area contributed by atoms with Gasteiger partial charge >= 0.3 is 0 Å². The van der Waals surface area contributed by atoms with Gasteiger partial charge in [-0.05, 0) is 29.8 Å². The molecule has 0 saturated carbocycles. The van der Waals surface area contributed by atoms with Crippen LogP contribution in [0.1, 0.15) is 0 Å². The van der Waals surface area contributed by atoms with Gasteiger partial charge in [0, 0.05) is 18.6 Å². The molecule has 0 radical (unpaired) electrons. The van der Waals surface area contributed by atoms with E-state index in [1.807, 2.05) is 0 Å². The first-order valence-corrected chi connectivity index (χ1v) is 6.28. The molecule has 1 aromatic heterocycles. The van der Waals surface area contributed by atoms with Gasteiger partial charge in [-0.3, -0.25) is 0 Å². The van der Waals surface area contributed by atoms with Crippen molar-refractivity contribution in [1.29, 1.82) is 0 Å². The Bertz CT molecular complexity index is 833. The number of benzene rings is 2. The standard InChI is InChI=1S/C15H12F2N4/c1-19-12-5-3-10(16)13(14(12)17)8-2-4-11-9(6-8)7-20-15(18)21-11/h2-7,19H,1H3,(H2,18,20,21). The predicted molar refractivity (Wildman–Crippen MR) is 78.8 cm³/mol. The van der Waals surface area contributed by atoms with Crippen LogP contribution < -0.4 is 11.1 Å². The molecule has 1 heterocycles. The molecule has 0 aliphatic rings. The highest BCUT2D eigenvalue weighted by Crippen LogP contribution is 2.32. The Kier molecular flexibility index (Phi) is 3.13. The summed E-state index contributed by atoms with van der Waals surface area (Å²) in [5.74, 6) is -1.10. The fraction of sp³-hybridized carbons (Fsp3) is 0.0667. The third kappa shape index (κ3) is 2.24. The molecule has 0 amide bonds. The number of hydrogen-bond acceptors (Lipinski definition) is 4. The molecule has 21 heavy (non-hydrogen) atoms. The zero-order chi connectivity index (χ0) is 15.0. The molecule has 3 N–H and O–H groups in total. The maximum absolute atomic E-state index is 14.3. The van der Waals surface area contributed by atoms with Crippen LogP contribution >= 0.6 is 0 Å². The molecule has 4 nitrogen and oxygen atoms in total. The first kappa shape index (κ1) is 13.2. The van der Waals surface area contributed by atoms with Gasteiger partial charge in [-0.2, -0.15) is 0 Å². The second-order valence-electron chi connectivity index (χ2n) is 4.54. The molecule has 0 aliphatic carbocycles. The van der Waals surface area contributed by atoms with Crippen molar-refractivity contribution in [3.63, 3.8) is 0 Å². The predicted octanol–water partition coefficient (Wildman–Crippen LogP) is 3.20. The van der Waals surface area contributed by atoms with E-state index in [2.05, 4.69) is 15.3 Å². The van der Waals surface area contributed by atoms with Crippen molar-refractivity contribution in [2.45, 2.75) is 0 Å². The molecule has 6 heteroatoms. The zero-order valence-corrected chi connectivity index (χ0v) is 11.2. The van der Waals surface area contributed by atoms with Crippen LogP contribution in [0.25, 0.3) is 22.0 Å². The summed E-state index contributed by atoms with van der Waals surface area (Å²) in [5.41, 5.74) is 6.70.